The topological polar surface area (TPSA) is 27.1 Å². The summed E-state index contributed by atoms with van der Waals surface area (Å²) in [6.45, 7) is 4.87. The highest BCUT2D eigenvalue weighted by Gasteiger charge is 2.16. The zero-order valence-electron chi connectivity index (χ0n) is 12.0. The van der Waals surface area contributed by atoms with Crippen LogP contribution in [0.2, 0.25) is 5.02 Å². The second kappa shape index (κ2) is 7.27. The molecule has 1 aromatic carbocycles. The molecule has 0 unspecified atom stereocenters. The van der Waals surface area contributed by atoms with Gasteiger partial charge in [-0.15, -0.1) is 0 Å². The predicted octanol–water partition coefficient (Wildman–Crippen LogP) is 4.73. The molecule has 3 nitrogen and oxygen atoms in total. The molecule has 2 rings (SSSR count). The van der Waals surface area contributed by atoms with E-state index in [0.717, 1.165) is 23.4 Å². The van der Waals surface area contributed by atoms with E-state index < -0.39 is 0 Å². The van der Waals surface area contributed by atoms with Crippen molar-refractivity contribution in [2.45, 2.75) is 38.8 Å². The van der Waals surface area contributed by atoms with Crippen LogP contribution in [0.25, 0.3) is 0 Å². The predicted molar refractivity (Wildman–Crippen MR) is 85.7 cm³/mol. The number of para-hydroxylation sites is 1. The van der Waals surface area contributed by atoms with Crippen LogP contribution >= 0.6 is 27.5 Å². The minimum absolute atomic E-state index is 0.195. The second-order valence-corrected chi connectivity index (χ2v) is 5.47. The number of hydrogen-bond donors (Lipinski definition) is 0. The summed E-state index contributed by atoms with van der Waals surface area (Å²) in [5.74, 6) is -0.117. The third kappa shape index (κ3) is 3.40. The van der Waals surface area contributed by atoms with Crippen LogP contribution in [-0.2, 0) is 24.9 Å². The van der Waals surface area contributed by atoms with Gasteiger partial charge in [0.05, 0.1) is 16.4 Å². The van der Waals surface area contributed by atoms with Crippen LogP contribution in [0, 0.1) is 5.82 Å². The van der Waals surface area contributed by atoms with Crippen molar-refractivity contribution in [2.75, 3.05) is 0 Å². The lowest BCUT2D eigenvalue weighted by Gasteiger charge is -2.12. The highest BCUT2D eigenvalue weighted by molar-refractivity contribution is 9.08. The van der Waals surface area contributed by atoms with Gasteiger partial charge in [-0.25, -0.2) is 4.39 Å². The van der Waals surface area contributed by atoms with E-state index in [0.29, 0.717) is 16.9 Å². The van der Waals surface area contributed by atoms with E-state index in [9.17, 15) is 4.39 Å². The van der Waals surface area contributed by atoms with Crippen molar-refractivity contribution in [3.05, 3.63) is 46.0 Å². The zero-order chi connectivity index (χ0) is 15.4. The molecule has 0 fully saturated rings. The van der Waals surface area contributed by atoms with Gasteiger partial charge in [0.25, 0.3) is 0 Å². The fraction of sp³-hybridized carbons (Fsp3) is 0.400. The first-order valence-electron chi connectivity index (χ1n) is 6.82. The highest BCUT2D eigenvalue weighted by Crippen LogP contribution is 2.28. The van der Waals surface area contributed by atoms with Gasteiger partial charge < -0.3 is 4.74 Å². The van der Waals surface area contributed by atoms with E-state index in [1.807, 2.05) is 19.9 Å². The Morgan fingerprint density at radius 3 is 2.76 bits per heavy atom. The lowest BCUT2D eigenvalue weighted by Crippen LogP contribution is -2.08. The Labute approximate surface area is 137 Å². The summed E-state index contributed by atoms with van der Waals surface area (Å²) in [7, 11) is 0. The summed E-state index contributed by atoms with van der Waals surface area (Å²) in [5.41, 5.74) is 2.38. The molecule has 1 heterocycles. The van der Waals surface area contributed by atoms with Crippen LogP contribution < -0.4 is 4.74 Å². The lowest BCUT2D eigenvalue weighted by molar-refractivity contribution is 0.276. The number of nitrogens with zero attached hydrogens (tertiary/aromatic N) is 2. The molecular weight excluding hydrogens is 359 g/mol. The quantitative estimate of drug-likeness (QED) is 0.682. The van der Waals surface area contributed by atoms with Gasteiger partial charge in [0.1, 0.15) is 6.61 Å². The van der Waals surface area contributed by atoms with Gasteiger partial charge in [0.2, 0.25) is 0 Å². The Morgan fingerprint density at radius 2 is 2.14 bits per heavy atom. The van der Waals surface area contributed by atoms with Crippen LogP contribution in [0.3, 0.4) is 0 Å². The van der Waals surface area contributed by atoms with E-state index in [4.69, 9.17) is 16.3 Å². The van der Waals surface area contributed by atoms with Gasteiger partial charge in [-0.3, -0.25) is 4.68 Å². The van der Waals surface area contributed by atoms with Crippen molar-refractivity contribution >= 4 is 27.5 Å². The largest absolute Gasteiger partial charge is 0.484 e. The summed E-state index contributed by atoms with van der Waals surface area (Å²) < 4.78 is 21.4. The Kier molecular flexibility index (Phi) is 5.65. The van der Waals surface area contributed by atoms with Crippen LogP contribution in [0.5, 0.6) is 5.75 Å². The summed E-state index contributed by atoms with van der Waals surface area (Å²) in [6, 6.07) is 4.87. The fourth-order valence-corrected chi connectivity index (χ4v) is 2.88. The minimum atomic E-state index is -0.374. The molecule has 0 bridgehead atoms. The number of rotatable bonds is 6. The van der Waals surface area contributed by atoms with Gasteiger partial charge in [0, 0.05) is 17.4 Å². The van der Waals surface area contributed by atoms with Crippen LogP contribution in [0.4, 0.5) is 4.39 Å². The maximum absolute atomic E-state index is 13.9. The third-order valence-corrected chi connectivity index (χ3v) is 4.28. The molecule has 0 amide bonds. The molecule has 0 aliphatic carbocycles. The molecule has 2 aromatic rings. The van der Waals surface area contributed by atoms with Gasteiger partial charge >= 0.3 is 0 Å². The third-order valence-electron chi connectivity index (χ3n) is 3.24. The molecule has 21 heavy (non-hydrogen) atoms. The molecule has 0 radical (unpaired) electrons. The zero-order valence-corrected chi connectivity index (χ0v) is 14.3. The Morgan fingerprint density at radius 1 is 1.38 bits per heavy atom. The number of halogens is 3. The van der Waals surface area contributed by atoms with E-state index >= 15 is 0 Å². The molecule has 0 saturated carbocycles. The number of hydrogen-bond acceptors (Lipinski definition) is 2. The molecular formula is C15H17BrClFN2O. The van der Waals surface area contributed by atoms with Gasteiger partial charge in [-0.05, 0) is 19.4 Å². The number of benzene rings is 1. The van der Waals surface area contributed by atoms with E-state index in [-0.39, 0.29) is 18.2 Å². The average molecular weight is 376 g/mol. The molecule has 0 N–H and O–H groups in total. The van der Waals surface area contributed by atoms with Crippen LogP contribution in [0.1, 0.15) is 30.8 Å². The minimum Gasteiger partial charge on any atom is -0.484 e. The summed E-state index contributed by atoms with van der Waals surface area (Å²) in [6.07, 6.45) is 0.755. The van der Waals surface area contributed by atoms with Crippen molar-refractivity contribution in [3.63, 3.8) is 0 Å². The van der Waals surface area contributed by atoms with Crippen molar-refractivity contribution in [3.8, 4) is 5.75 Å². The van der Waals surface area contributed by atoms with Crippen molar-refractivity contribution < 1.29 is 9.13 Å². The van der Waals surface area contributed by atoms with Gasteiger partial charge in [-0.1, -0.05) is 46.6 Å². The summed E-state index contributed by atoms with van der Waals surface area (Å²) in [4.78, 5) is 0. The van der Waals surface area contributed by atoms with E-state index in [1.165, 1.54) is 6.07 Å². The molecule has 0 aliphatic rings. The van der Waals surface area contributed by atoms with E-state index in [2.05, 4.69) is 21.0 Å². The average Bonchev–Trinajstić information content (AvgIpc) is 2.81. The maximum Gasteiger partial charge on any atom is 0.165 e. The Balaban J connectivity index is 2.26. The lowest BCUT2D eigenvalue weighted by atomic mass is 10.2. The molecule has 1 aromatic heterocycles. The van der Waals surface area contributed by atoms with E-state index in [1.54, 1.807) is 10.7 Å². The molecule has 6 heteroatoms. The Hall–Kier alpha value is -1.07. The van der Waals surface area contributed by atoms with Crippen molar-refractivity contribution in [1.29, 1.82) is 0 Å². The SMILES string of the molecule is CCc1nn(CC)c(COc2c(F)cccc2CBr)c1Cl. The molecule has 0 aliphatic heterocycles. The fourth-order valence-electron chi connectivity index (χ4n) is 2.12. The van der Waals surface area contributed by atoms with Gasteiger partial charge in [0.15, 0.2) is 11.6 Å². The number of ether oxygens (including phenoxy) is 1. The van der Waals surface area contributed by atoms with Gasteiger partial charge in [-0.2, -0.15) is 5.10 Å². The normalized spacial score (nSPS) is 10.9. The van der Waals surface area contributed by atoms with Crippen molar-refractivity contribution in [2.24, 2.45) is 0 Å². The van der Waals surface area contributed by atoms with Crippen LogP contribution in [0.15, 0.2) is 18.2 Å². The molecule has 0 saturated heterocycles. The summed E-state index contributed by atoms with van der Waals surface area (Å²) in [5, 5.41) is 5.56. The smallest absolute Gasteiger partial charge is 0.165 e. The second-order valence-electron chi connectivity index (χ2n) is 4.53. The first-order chi connectivity index (χ1) is 10.1. The standard InChI is InChI=1S/C15H17BrClFN2O/c1-3-12-14(17)13(20(4-2)19-12)9-21-15-10(8-16)6-5-7-11(15)18/h5-7H,3-4,8-9H2,1-2H3. The first kappa shape index (κ1) is 16.3. The monoisotopic (exact) mass is 374 g/mol. The number of alkyl halides is 1. The Bertz CT molecular complexity index is 630. The molecule has 114 valence electrons. The highest BCUT2D eigenvalue weighted by atomic mass is 79.9. The number of aryl methyl sites for hydroxylation is 2. The maximum atomic E-state index is 13.9. The van der Waals surface area contributed by atoms with Crippen LogP contribution in [-0.4, -0.2) is 9.78 Å². The molecule has 0 spiro atoms. The van der Waals surface area contributed by atoms with Crippen molar-refractivity contribution in [1.82, 2.24) is 9.78 Å². The molecule has 0 atom stereocenters. The number of aromatic nitrogens is 2. The summed E-state index contributed by atoms with van der Waals surface area (Å²) >= 11 is 9.66. The first-order valence-corrected chi connectivity index (χ1v) is 8.32.